The summed E-state index contributed by atoms with van der Waals surface area (Å²) in [7, 11) is 0. The summed E-state index contributed by atoms with van der Waals surface area (Å²) >= 11 is 5.89. The lowest BCUT2D eigenvalue weighted by atomic mass is 9.95. The molecule has 1 saturated heterocycles. The van der Waals surface area contributed by atoms with Crippen LogP contribution in [0.5, 0.6) is 0 Å². The predicted octanol–water partition coefficient (Wildman–Crippen LogP) is 5.24. The van der Waals surface area contributed by atoms with Crippen molar-refractivity contribution in [3.63, 3.8) is 0 Å². The molecular formula is C23H14ClF2NO3. The fourth-order valence-electron chi connectivity index (χ4n) is 3.46. The molecule has 1 fully saturated rings. The van der Waals surface area contributed by atoms with Gasteiger partial charge in [0.1, 0.15) is 17.4 Å². The lowest BCUT2D eigenvalue weighted by molar-refractivity contribution is -0.132. The molecule has 7 heteroatoms. The molecule has 4 rings (SSSR count). The van der Waals surface area contributed by atoms with Crippen molar-refractivity contribution >= 4 is 34.7 Å². The molecule has 0 unspecified atom stereocenters. The number of anilines is 1. The van der Waals surface area contributed by atoms with E-state index in [0.29, 0.717) is 5.02 Å². The van der Waals surface area contributed by atoms with Crippen molar-refractivity contribution in [2.75, 3.05) is 4.90 Å². The van der Waals surface area contributed by atoms with E-state index in [2.05, 4.69) is 0 Å². The van der Waals surface area contributed by atoms with Gasteiger partial charge in [0.05, 0.1) is 11.6 Å². The van der Waals surface area contributed by atoms with Gasteiger partial charge < -0.3 is 5.11 Å². The number of benzene rings is 3. The minimum absolute atomic E-state index is 0.197. The third-order valence-electron chi connectivity index (χ3n) is 4.83. The highest BCUT2D eigenvalue weighted by Gasteiger charge is 2.47. The molecule has 0 saturated carbocycles. The van der Waals surface area contributed by atoms with Crippen LogP contribution in [0.3, 0.4) is 0 Å². The average molecular weight is 426 g/mol. The zero-order valence-electron chi connectivity index (χ0n) is 15.4. The number of ketones is 1. The molecule has 0 bridgehead atoms. The van der Waals surface area contributed by atoms with Gasteiger partial charge in [0, 0.05) is 16.3 Å². The summed E-state index contributed by atoms with van der Waals surface area (Å²) in [5, 5.41) is 11.3. The Morgan fingerprint density at radius 1 is 0.900 bits per heavy atom. The van der Waals surface area contributed by atoms with Gasteiger partial charge in [-0.15, -0.1) is 0 Å². The molecule has 1 heterocycles. The summed E-state index contributed by atoms with van der Waals surface area (Å²) < 4.78 is 27.4. The second-order valence-corrected chi connectivity index (χ2v) is 7.14. The number of aliphatic hydroxyl groups excluding tert-OH is 1. The lowest BCUT2D eigenvalue weighted by Gasteiger charge is -2.25. The van der Waals surface area contributed by atoms with Crippen molar-refractivity contribution < 1.29 is 23.5 Å². The second kappa shape index (κ2) is 7.72. The van der Waals surface area contributed by atoms with Gasteiger partial charge in [-0.1, -0.05) is 23.7 Å². The number of amides is 1. The molecule has 150 valence electrons. The van der Waals surface area contributed by atoms with E-state index >= 15 is 0 Å². The van der Waals surface area contributed by atoms with Crippen LogP contribution in [0.2, 0.25) is 5.02 Å². The maximum atomic E-state index is 14.0. The van der Waals surface area contributed by atoms with E-state index in [-0.39, 0.29) is 22.4 Å². The van der Waals surface area contributed by atoms with Gasteiger partial charge in [0.25, 0.3) is 11.7 Å². The zero-order valence-corrected chi connectivity index (χ0v) is 16.1. The lowest BCUT2D eigenvalue weighted by Crippen LogP contribution is -2.29. The zero-order chi connectivity index (χ0) is 21.4. The number of carbonyl (C=O) groups is 2. The molecule has 0 spiro atoms. The first kappa shape index (κ1) is 19.8. The first-order valence-corrected chi connectivity index (χ1v) is 9.32. The molecule has 3 aromatic rings. The standard InChI is InChI=1S/C23H14ClF2NO3/c24-15-6-4-13(5-7-15)21(28)19-20(14-2-1-3-17(26)12-14)27(23(30)22(19)29)18-10-8-16(25)9-11-18/h1-12,20,28H/t20-/m0/s1. The Morgan fingerprint density at radius 3 is 2.20 bits per heavy atom. The Hall–Kier alpha value is -3.51. The van der Waals surface area contributed by atoms with Crippen molar-refractivity contribution in [2.24, 2.45) is 0 Å². The van der Waals surface area contributed by atoms with E-state index in [0.717, 1.165) is 17.0 Å². The normalized spacial score (nSPS) is 18.1. The highest BCUT2D eigenvalue weighted by molar-refractivity contribution is 6.51. The van der Waals surface area contributed by atoms with E-state index in [4.69, 9.17) is 11.6 Å². The van der Waals surface area contributed by atoms with Gasteiger partial charge in [-0.2, -0.15) is 0 Å². The van der Waals surface area contributed by atoms with Crippen molar-refractivity contribution in [2.45, 2.75) is 6.04 Å². The first-order valence-electron chi connectivity index (χ1n) is 8.95. The smallest absolute Gasteiger partial charge is 0.300 e. The maximum absolute atomic E-state index is 14.0. The van der Waals surface area contributed by atoms with Crippen molar-refractivity contribution in [3.8, 4) is 0 Å². The summed E-state index contributed by atoms with van der Waals surface area (Å²) in [6.45, 7) is 0. The van der Waals surface area contributed by atoms with Crippen LogP contribution in [0.4, 0.5) is 14.5 Å². The van der Waals surface area contributed by atoms with E-state index < -0.39 is 35.1 Å². The molecule has 1 aliphatic rings. The van der Waals surface area contributed by atoms with Crippen LogP contribution >= 0.6 is 11.6 Å². The minimum atomic E-state index is -1.10. The molecule has 0 radical (unpaired) electrons. The maximum Gasteiger partial charge on any atom is 0.300 e. The Labute approximate surface area is 175 Å². The van der Waals surface area contributed by atoms with Gasteiger partial charge in [-0.25, -0.2) is 8.78 Å². The van der Waals surface area contributed by atoms with Crippen molar-refractivity contribution in [1.29, 1.82) is 0 Å². The van der Waals surface area contributed by atoms with E-state index in [1.165, 1.54) is 54.6 Å². The predicted molar refractivity (Wildman–Crippen MR) is 109 cm³/mol. The summed E-state index contributed by atoms with van der Waals surface area (Å²) in [6, 6.07) is 15.4. The van der Waals surface area contributed by atoms with Gasteiger partial charge in [-0.05, 0) is 66.2 Å². The van der Waals surface area contributed by atoms with Crippen LogP contribution in [0, 0.1) is 11.6 Å². The number of hydrogen-bond donors (Lipinski definition) is 1. The minimum Gasteiger partial charge on any atom is -0.507 e. The SMILES string of the molecule is O=C1C(=O)N(c2ccc(F)cc2)[C@@H](c2cccc(F)c2)C1=C(O)c1ccc(Cl)cc1. The number of halogens is 3. The summed E-state index contributed by atoms with van der Waals surface area (Å²) in [5.41, 5.74) is 0.604. The van der Waals surface area contributed by atoms with E-state index in [1.54, 1.807) is 6.07 Å². The average Bonchev–Trinajstić information content (AvgIpc) is 3.00. The van der Waals surface area contributed by atoms with Crippen LogP contribution in [0.25, 0.3) is 5.76 Å². The second-order valence-electron chi connectivity index (χ2n) is 6.71. The van der Waals surface area contributed by atoms with Crippen molar-refractivity contribution in [1.82, 2.24) is 0 Å². The Balaban J connectivity index is 1.95. The molecule has 4 nitrogen and oxygen atoms in total. The monoisotopic (exact) mass is 425 g/mol. The molecule has 0 aromatic heterocycles. The highest BCUT2D eigenvalue weighted by Crippen LogP contribution is 2.42. The molecule has 1 N–H and O–H groups in total. The van der Waals surface area contributed by atoms with Crippen molar-refractivity contribution in [3.05, 3.63) is 106 Å². The van der Waals surface area contributed by atoms with Crippen LogP contribution in [-0.2, 0) is 9.59 Å². The summed E-state index contributed by atoms with van der Waals surface area (Å²) in [4.78, 5) is 26.9. The number of carbonyl (C=O) groups excluding carboxylic acids is 2. The Bertz CT molecular complexity index is 1170. The number of hydrogen-bond acceptors (Lipinski definition) is 3. The number of Topliss-reactive ketones (excluding diaryl/α,β-unsaturated/α-hetero) is 1. The number of aliphatic hydroxyl groups is 1. The van der Waals surface area contributed by atoms with E-state index in [1.807, 2.05) is 0 Å². The Morgan fingerprint density at radius 2 is 1.57 bits per heavy atom. The molecule has 1 amide bonds. The third-order valence-corrected chi connectivity index (χ3v) is 5.08. The van der Waals surface area contributed by atoms with Crippen LogP contribution in [-0.4, -0.2) is 16.8 Å². The fourth-order valence-corrected chi connectivity index (χ4v) is 3.58. The fraction of sp³-hybridized carbons (Fsp3) is 0.0435. The first-order chi connectivity index (χ1) is 14.4. The summed E-state index contributed by atoms with van der Waals surface area (Å²) in [6.07, 6.45) is 0. The van der Waals surface area contributed by atoms with Crippen LogP contribution in [0.15, 0.2) is 78.4 Å². The number of nitrogens with zero attached hydrogens (tertiary/aromatic N) is 1. The quantitative estimate of drug-likeness (QED) is 0.354. The largest absolute Gasteiger partial charge is 0.507 e. The van der Waals surface area contributed by atoms with Crippen LogP contribution in [0.1, 0.15) is 17.2 Å². The van der Waals surface area contributed by atoms with E-state index in [9.17, 15) is 23.5 Å². The van der Waals surface area contributed by atoms with Gasteiger partial charge in [0.15, 0.2) is 0 Å². The molecule has 30 heavy (non-hydrogen) atoms. The molecule has 1 aliphatic heterocycles. The van der Waals surface area contributed by atoms with Gasteiger partial charge >= 0.3 is 0 Å². The Kier molecular flexibility index (Phi) is 5.10. The molecule has 1 atom stereocenters. The number of rotatable bonds is 3. The van der Waals surface area contributed by atoms with Gasteiger partial charge in [-0.3, -0.25) is 14.5 Å². The highest BCUT2D eigenvalue weighted by atomic mass is 35.5. The molecule has 3 aromatic carbocycles. The topological polar surface area (TPSA) is 57.6 Å². The third kappa shape index (κ3) is 3.46. The molecular weight excluding hydrogens is 412 g/mol. The van der Waals surface area contributed by atoms with Gasteiger partial charge in [0.2, 0.25) is 0 Å². The van der Waals surface area contributed by atoms with Crippen LogP contribution < -0.4 is 4.90 Å². The molecule has 0 aliphatic carbocycles. The summed E-state index contributed by atoms with van der Waals surface area (Å²) in [5.74, 6) is -3.33.